The number of aromatic nitrogens is 2. The monoisotopic (exact) mass is 539 g/mol. The summed E-state index contributed by atoms with van der Waals surface area (Å²) in [5.41, 5.74) is 9.82. The van der Waals surface area contributed by atoms with Crippen LogP contribution in [0.1, 0.15) is 25.0 Å². The maximum absolute atomic E-state index is 4.86. The Hall–Kier alpha value is -5.28. The zero-order chi connectivity index (χ0) is 28.3. The van der Waals surface area contributed by atoms with E-state index in [4.69, 9.17) is 5.10 Å². The van der Waals surface area contributed by atoms with E-state index in [1.165, 1.54) is 44.0 Å². The van der Waals surface area contributed by atoms with Crippen molar-refractivity contribution in [3.8, 4) is 22.4 Å². The Morgan fingerprint density at radius 3 is 1.57 bits per heavy atom. The number of nitrogens with zero attached hydrogens (tertiary/aromatic N) is 3. The van der Waals surface area contributed by atoms with E-state index in [9.17, 15) is 0 Å². The third-order valence-corrected chi connectivity index (χ3v) is 8.77. The average molecular weight is 540 g/mol. The maximum atomic E-state index is 4.86. The molecule has 0 saturated heterocycles. The van der Waals surface area contributed by atoms with Crippen LogP contribution in [0.25, 0.3) is 43.9 Å². The summed E-state index contributed by atoms with van der Waals surface area (Å²) in [6.45, 7) is 4.71. The van der Waals surface area contributed by atoms with Gasteiger partial charge in [0.15, 0.2) is 0 Å². The Morgan fingerprint density at radius 1 is 0.500 bits per heavy atom. The highest BCUT2D eigenvalue weighted by Crippen LogP contribution is 2.58. The van der Waals surface area contributed by atoms with Crippen LogP contribution in [0.15, 0.2) is 140 Å². The summed E-state index contributed by atoms with van der Waals surface area (Å²) in [4.78, 5) is 2.50. The van der Waals surface area contributed by atoms with Gasteiger partial charge in [0, 0.05) is 27.3 Å². The first-order chi connectivity index (χ1) is 20.6. The zero-order valence-electron chi connectivity index (χ0n) is 23.6. The summed E-state index contributed by atoms with van der Waals surface area (Å²) >= 11 is 0. The van der Waals surface area contributed by atoms with Crippen LogP contribution in [-0.4, -0.2) is 10.2 Å². The van der Waals surface area contributed by atoms with E-state index in [1.54, 1.807) is 0 Å². The molecule has 0 spiro atoms. The third-order valence-electron chi connectivity index (χ3n) is 8.77. The van der Waals surface area contributed by atoms with Gasteiger partial charge in [0.25, 0.3) is 0 Å². The molecule has 0 fully saturated rings. The Kier molecular flexibility index (Phi) is 5.48. The fourth-order valence-electron chi connectivity index (χ4n) is 6.71. The molecular weight excluding hydrogens is 510 g/mol. The molecule has 6 aromatic carbocycles. The van der Waals surface area contributed by atoms with E-state index in [-0.39, 0.29) is 5.41 Å². The van der Waals surface area contributed by atoms with Gasteiger partial charge in [0.2, 0.25) is 0 Å². The van der Waals surface area contributed by atoms with E-state index in [0.717, 1.165) is 28.1 Å². The molecule has 0 atom stereocenters. The van der Waals surface area contributed by atoms with Crippen LogP contribution in [-0.2, 0) is 5.41 Å². The lowest BCUT2D eigenvalue weighted by molar-refractivity contribution is 0.634. The molecule has 42 heavy (non-hydrogen) atoms. The molecule has 1 aliphatic heterocycles. The average Bonchev–Trinajstić information content (AvgIpc) is 3.05. The first kappa shape index (κ1) is 24.5. The van der Waals surface area contributed by atoms with Crippen LogP contribution < -0.4 is 4.90 Å². The highest BCUT2D eigenvalue weighted by Gasteiger charge is 2.40. The van der Waals surface area contributed by atoms with Gasteiger partial charge in [-0.15, -0.1) is 5.10 Å². The fraction of sp³-hybridized carbons (Fsp3) is 0.0769. The van der Waals surface area contributed by atoms with E-state index < -0.39 is 0 Å². The molecule has 0 unspecified atom stereocenters. The van der Waals surface area contributed by atoms with Crippen molar-refractivity contribution >= 4 is 38.6 Å². The van der Waals surface area contributed by atoms with Crippen LogP contribution in [0.3, 0.4) is 0 Å². The summed E-state index contributed by atoms with van der Waals surface area (Å²) < 4.78 is 0. The lowest BCUT2D eigenvalue weighted by Gasteiger charge is -2.44. The number of hydrogen-bond donors (Lipinski definition) is 0. The summed E-state index contributed by atoms with van der Waals surface area (Å²) in [6.07, 6.45) is 1.92. The second kappa shape index (κ2) is 9.39. The molecule has 7 aromatic rings. The molecule has 1 aromatic heterocycles. The SMILES string of the molecule is CC1(C)c2ccc3ccccc3c2N(c2c(-c3ccccc3)cnnc2-c2ccccc2)c2c1ccc1ccccc21. The second-order valence-corrected chi connectivity index (χ2v) is 11.5. The lowest BCUT2D eigenvalue weighted by atomic mass is 9.71. The Balaban J connectivity index is 1.60. The van der Waals surface area contributed by atoms with Gasteiger partial charge < -0.3 is 4.90 Å². The van der Waals surface area contributed by atoms with Crippen LogP contribution in [0.5, 0.6) is 0 Å². The van der Waals surface area contributed by atoms with E-state index >= 15 is 0 Å². The van der Waals surface area contributed by atoms with E-state index in [0.29, 0.717) is 0 Å². The highest BCUT2D eigenvalue weighted by molar-refractivity contribution is 6.12. The zero-order valence-corrected chi connectivity index (χ0v) is 23.6. The molecule has 2 heterocycles. The minimum absolute atomic E-state index is 0.227. The number of hydrogen-bond acceptors (Lipinski definition) is 3. The van der Waals surface area contributed by atoms with Gasteiger partial charge >= 0.3 is 0 Å². The third kappa shape index (κ3) is 3.60. The molecule has 0 N–H and O–H groups in total. The molecule has 8 rings (SSSR count). The quantitative estimate of drug-likeness (QED) is 0.224. The number of fused-ring (bicyclic) bond motifs is 6. The standard InChI is InChI=1S/C39H29N3/c1-39(2)33-23-21-27-15-9-11-19-30(27)36(33)42(37-31-20-12-10-16-28(31)22-24-34(37)39)38-32(26-13-5-3-6-14-26)25-40-41-35(38)29-17-7-4-8-18-29/h3-25H,1-2H3. The summed E-state index contributed by atoms with van der Waals surface area (Å²) in [7, 11) is 0. The van der Waals surface area contributed by atoms with Crippen LogP contribution in [0.4, 0.5) is 17.1 Å². The maximum Gasteiger partial charge on any atom is 0.118 e. The normalized spacial score (nSPS) is 13.6. The second-order valence-electron chi connectivity index (χ2n) is 11.5. The van der Waals surface area contributed by atoms with Gasteiger partial charge in [-0.3, -0.25) is 0 Å². The van der Waals surface area contributed by atoms with Crippen molar-refractivity contribution in [2.45, 2.75) is 19.3 Å². The van der Waals surface area contributed by atoms with Gasteiger partial charge in [0.1, 0.15) is 5.69 Å². The first-order valence-corrected chi connectivity index (χ1v) is 14.4. The molecule has 3 heteroatoms. The highest BCUT2D eigenvalue weighted by atomic mass is 15.2. The topological polar surface area (TPSA) is 29.0 Å². The van der Waals surface area contributed by atoms with Gasteiger partial charge in [-0.1, -0.05) is 147 Å². The van der Waals surface area contributed by atoms with Crippen molar-refractivity contribution in [2.24, 2.45) is 0 Å². The summed E-state index contributed by atoms with van der Waals surface area (Å²) in [5, 5.41) is 14.3. The largest absolute Gasteiger partial charge is 0.306 e. The van der Waals surface area contributed by atoms with Crippen molar-refractivity contribution < 1.29 is 0 Å². The van der Waals surface area contributed by atoms with Gasteiger partial charge in [-0.25, -0.2) is 0 Å². The van der Waals surface area contributed by atoms with E-state index in [2.05, 4.69) is 151 Å². The number of anilines is 3. The van der Waals surface area contributed by atoms with Gasteiger partial charge in [0.05, 0.1) is 23.3 Å². The minimum Gasteiger partial charge on any atom is -0.306 e. The molecule has 1 aliphatic rings. The predicted octanol–water partition coefficient (Wildman–Crippen LogP) is 10.2. The molecule has 0 aliphatic carbocycles. The molecule has 0 radical (unpaired) electrons. The van der Waals surface area contributed by atoms with Crippen LogP contribution >= 0.6 is 0 Å². The molecule has 200 valence electrons. The lowest BCUT2D eigenvalue weighted by Crippen LogP contribution is -2.31. The predicted molar refractivity (Wildman–Crippen MR) is 175 cm³/mol. The molecule has 3 nitrogen and oxygen atoms in total. The van der Waals surface area contributed by atoms with Crippen LogP contribution in [0, 0.1) is 0 Å². The molecule has 0 saturated carbocycles. The van der Waals surface area contributed by atoms with Crippen molar-refractivity contribution in [1.29, 1.82) is 0 Å². The summed E-state index contributed by atoms with van der Waals surface area (Å²) in [5.74, 6) is 0. The van der Waals surface area contributed by atoms with Crippen molar-refractivity contribution in [3.63, 3.8) is 0 Å². The van der Waals surface area contributed by atoms with Crippen molar-refractivity contribution in [3.05, 3.63) is 151 Å². The Bertz CT molecular complexity index is 1970. The van der Waals surface area contributed by atoms with E-state index in [1.807, 2.05) is 12.3 Å². The molecule has 0 amide bonds. The smallest absolute Gasteiger partial charge is 0.118 e. The molecule has 0 bridgehead atoms. The fourth-order valence-corrected chi connectivity index (χ4v) is 6.71. The van der Waals surface area contributed by atoms with Crippen LogP contribution in [0.2, 0.25) is 0 Å². The Morgan fingerprint density at radius 2 is 1.00 bits per heavy atom. The minimum atomic E-state index is -0.227. The number of rotatable bonds is 3. The van der Waals surface area contributed by atoms with Crippen molar-refractivity contribution in [1.82, 2.24) is 10.2 Å². The van der Waals surface area contributed by atoms with Gasteiger partial charge in [-0.05, 0) is 27.5 Å². The summed E-state index contributed by atoms with van der Waals surface area (Å²) in [6, 6.07) is 47.7. The Labute approximate surface area is 245 Å². The first-order valence-electron chi connectivity index (χ1n) is 14.4. The molecular formula is C39H29N3. The van der Waals surface area contributed by atoms with Crippen molar-refractivity contribution in [2.75, 3.05) is 4.90 Å². The number of benzene rings is 6. The van der Waals surface area contributed by atoms with Gasteiger partial charge in [-0.2, -0.15) is 5.10 Å².